The topological polar surface area (TPSA) is 49.3 Å². The van der Waals surface area contributed by atoms with E-state index in [0.717, 1.165) is 5.56 Å². The number of hydrogen-bond acceptors (Lipinski definition) is 2. The summed E-state index contributed by atoms with van der Waals surface area (Å²) in [4.78, 5) is 11.9. The smallest absolute Gasteiger partial charge is 0.254 e. The number of rotatable bonds is 2. The quantitative estimate of drug-likeness (QED) is 0.860. The van der Waals surface area contributed by atoms with Gasteiger partial charge in [0.2, 0.25) is 0 Å². The van der Waals surface area contributed by atoms with Crippen molar-refractivity contribution in [1.29, 1.82) is 0 Å². The number of fused-ring (bicyclic) bond motifs is 1. The van der Waals surface area contributed by atoms with Crippen LogP contribution < -0.4 is 5.32 Å². The molecule has 0 aliphatic carbocycles. The lowest BCUT2D eigenvalue weighted by molar-refractivity contribution is 0.0476. The molecular weight excluding hydrogens is 238 g/mol. The van der Waals surface area contributed by atoms with E-state index in [0.29, 0.717) is 16.7 Å². The van der Waals surface area contributed by atoms with Crippen molar-refractivity contribution in [3.8, 4) is 0 Å². The Kier molecular flexibility index (Phi) is 2.50. The fourth-order valence-electron chi connectivity index (χ4n) is 2.38. The fraction of sp³-hybridized carbons (Fsp3) is 0.0625. The van der Waals surface area contributed by atoms with E-state index in [4.69, 9.17) is 0 Å². The summed E-state index contributed by atoms with van der Waals surface area (Å²) in [6.07, 6.45) is 1.73. The maximum Gasteiger partial charge on any atom is 0.254 e. The van der Waals surface area contributed by atoms with Gasteiger partial charge in [-0.25, -0.2) is 0 Å². The van der Waals surface area contributed by atoms with Crippen molar-refractivity contribution in [1.82, 2.24) is 5.32 Å². The number of amides is 1. The van der Waals surface area contributed by atoms with Gasteiger partial charge in [0.05, 0.1) is 0 Å². The Labute approximate surface area is 111 Å². The molecule has 2 N–H and O–H groups in total. The number of aliphatic hydroxyl groups is 1. The molecule has 0 saturated carbocycles. The number of carbonyl (C=O) groups is 1. The van der Waals surface area contributed by atoms with Gasteiger partial charge in [0.1, 0.15) is 0 Å². The van der Waals surface area contributed by atoms with E-state index in [2.05, 4.69) is 11.9 Å². The molecule has 0 fully saturated rings. The summed E-state index contributed by atoms with van der Waals surface area (Å²) < 4.78 is 0. The van der Waals surface area contributed by atoms with Gasteiger partial charge in [-0.3, -0.25) is 4.79 Å². The second-order valence-electron chi connectivity index (χ2n) is 4.54. The van der Waals surface area contributed by atoms with Gasteiger partial charge in [-0.05, 0) is 11.6 Å². The summed E-state index contributed by atoms with van der Waals surface area (Å²) in [7, 11) is 0. The molecule has 94 valence electrons. The number of carbonyl (C=O) groups excluding carboxylic acids is 1. The normalized spacial score (nSPS) is 20.8. The van der Waals surface area contributed by atoms with Crippen molar-refractivity contribution in [3.63, 3.8) is 0 Å². The maximum absolute atomic E-state index is 11.9. The van der Waals surface area contributed by atoms with Crippen molar-refractivity contribution in [2.24, 2.45) is 0 Å². The first-order valence-corrected chi connectivity index (χ1v) is 6.02. The van der Waals surface area contributed by atoms with E-state index in [1.54, 1.807) is 36.4 Å². The molecule has 3 heteroatoms. The Morgan fingerprint density at radius 2 is 1.79 bits per heavy atom. The Hall–Kier alpha value is -2.39. The zero-order chi connectivity index (χ0) is 13.5. The molecule has 1 atom stereocenters. The average molecular weight is 251 g/mol. The summed E-state index contributed by atoms with van der Waals surface area (Å²) in [6.45, 7) is 3.69. The zero-order valence-electron chi connectivity index (χ0n) is 10.3. The highest BCUT2D eigenvalue weighted by molar-refractivity contribution is 6.00. The predicted molar refractivity (Wildman–Crippen MR) is 73.4 cm³/mol. The predicted octanol–water partition coefficient (Wildman–Crippen LogP) is 2.27. The van der Waals surface area contributed by atoms with Gasteiger partial charge in [-0.15, -0.1) is 0 Å². The van der Waals surface area contributed by atoms with E-state index in [1.807, 2.05) is 18.2 Å². The molecule has 1 aliphatic heterocycles. The third kappa shape index (κ3) is 1.67. The van der Waals surface area contributed by atoms with Crippen LogP contribution in [0.5, 0.6) is 0 Å². The Morgan fingerprint density at radius 1 is 1.11 bits per heavy atom. The van der Waals surface area contributed by atoms with Gasteiger partial charge in [0, 0.05) is 16.7 Å². The standard InChI is InChI=1S/C16H13NO2/c1-2-11-7-9-12(10-8-11)16(19)14-6-4-3-5-13(14)15(18)17-16/h2-10,19H,1H2,(H,17,18). The lowest BCUT2D eigenvalue weighted by atomic mass is 9.94. The van der Waals surface area contributed by atoms with Crippen molar-refractivity contribution in [2.75, 3.05) is 0 Å². The summed E-state index contributed by atoms with van der Waals surface area (Å²) in [5, 5.41) is 13.4. The molecule has 0 saturated heterocycles. The first-order valence-electron chi connectivity index (χ1n) is 6.02. The molecular formula is C16H13NO2. The summed E-state index contributed by atoms with van der Waals surface area (Å²) in [5.74, 6) is -0.258. The minimum absolute atomic E-state index is 0.258. The third-order valence-electron chi connectivity index (χ3n) is 3.42. The second-order valence-corrected chi connectivity index (χ2v) is 4.54. The summed E-state index contributed by atoms with van der Waals surface area (Å²) in [6, 6.07) is 14.3. The molecule has 1 aliphatic rings. The lowest BCUT2D eigenvalue weighted by Crippen LogP contribution is -2.40. The van der Waals surface area contributed by atoms with E-state index in [1.165, 1.54) is 0 Å². The highest BCUT2D eigenvalue weighted by Crippen LogP contribution is 2.34. The van der Waals surface area contributed by atoms with Crippen LogP contribution in [-0.2, 0) is 5.72 Å². The number of benzene rings is 2. The van der Waals surface area contributed by atoms with Crippen LogP contribution in [0.25, 0.3) is 6.08 Å². The van der Waals surface area contributed by atoms with Gasteiger partial charge in [-0.1, -0.05) is 55.1 Å². The molecule has 1 heterocycles. The van der Waals surface area contributed by atoms with Crippen LogP contribution in [0.1, 0.15) is 27.0 Å². The lowest BCUT2D eigenvalue weighted by Gasteiger charge is -2.24. The minimum Gasteiger partial charge on any atom is -0.363 e. The second kappa shape index (κ2) is 4.07. The van der Waals surface area contributed by atoms with Crippen LogP contribution in [0.3, 0.4) is 0 Å². The fourth-order valence-corrected chi connectivity index (χ4v) is 2.38. The van der Waals surface area contributed by atoms with Crippen molar-refractivity contribution in [2.45, 2.75) is 5.72 Å². The van der Waals surface area contributed by atoms with Crippen LogP contribution in [0, 0.1) is 0 Å². The van der Waals surface area contributed by atoms with E-state index in [9.17, 15) is 9.90 Å². The third-order valence-corrected chi connectivity index (χ3v) is 3.42. The van der Waals surface area contributed by atoms with Crippen molar-refractivity contribution in [3.05, 3.63) is 77.4 Å². The van der Waals surface area contributed by atoms with Crippen LogP contribution in [0.4, 0.5) is 0 Å². The maximum atomic E-state index is 11.9. The highest BCUT2D eigenvalue weighted by atomic mass is 16.3. The molecule has 2 aromatic rings. The number of hydrogen-bond donors (Lipinski definition) is 2. The SMILES string of the molecule is C=Cc1ccc(C2(O)NC(=O)c3ccccc32)cc1. The molecule has 2 aromatic carbocycles. The van der Waals surface area contributed by atoms with E-state index in [-0.39, 0.29) is 5.91 Å². The molecule has 0 aromatic heterocycles. The summed E-state index contributed by atoms with van der Waals surface area (Å²) in [5.41, 5.74) is 1.25. The Morgan fingerprint density at radius 3 is 2.47 bits per heavy atom. The molecule has 1 unspecified atom stereocenters. The van der Waals surface area contributed by atoms with Gasteiger partial charge in [0.15, 0.2) is 5.72 Å². The van der Waals surface area contributed by atoms with Gasteiger partial charge < -0.3 is 10.4 Å². The van der Waals surface area contributed by atoms with Crippen LogP contribution >= 0.6 is 0 Å². The zero-order valence-corrected chi connectivity index (χ0v) is 10.3. The molecule has 0 radical (unpaired) electrons. The average Bonchev–Trinajstić information content (AvgIpc) is 2.72. The molecule has 0 bridgehead atoms. The minimum atomic E-state index is -1.45. The van der Waals surface area contributed by atoms with E-state index < -0.39 is 5.72 Å². The Bertz CT molecular complexity index is 661. The molecule has 19 heavy (non-hydrogen) atoms. The highest BCUT2D eigenvalue weighted by Gasteiger charge is 2.42. The van der Waals surface area contributed by atoms with Gasteiger partial charge >= 0.3 is 0 Å². The first-order chi connectivity index (χ1) is 9.15. The molecule has 0 spiro atoms. The van der Waals surface area contributed by atoms with Crippen LogP contribution in [0.15, 0.2) is 55.1 Å². The largest absolute Gasteiger partial charge is 0.363 e. The van der Waals surface area contributed by atoms with Crippen molar-refractivity contribution >= 4 is 12.0 Å². The number of nitrogens with one attached hydrogen (secondary N) is 1. The molecule has 3 rings (SSSR count). The van der Waals surface area contributed by atoms with Gasteiger partial charge in [0.25, 0.3) is 5.91 Å². The summed E-state index contributed by atoms with van der Waals surface area (Å²) >= 11 is 0. The molecule has 3 nitrogen and oxygen atoms in total. The van der Waals surface area contributed by atoms with Crippen LogP contribution in [0.2, 0.25) is 0 Å². The first kappa shape index (κ1) is 11.7. The molecule has 1 amide bonds. The van der Waals surface area contributed by atoms with E-state index >= 15 is 0 Å². The van der Waals surface area contributed by atoms with Crippen LogP contribution in [-0.4, -0.2) is 11.0 Å². The van der Waals surface area contributed by atoms with Crippen molar-refractivity contribution < 1.29 is 9.90 Å². The van der Waals surface area contributed by atoms with Gasteiger partial charge in [-0.2, -0.15) is 0 Å². The monoisotopic (exact) mass is 251 g/mol. The Balaban J connectivity index is 2.13.